The topological polar surface area (TPSA) is 20.2 Å². The molecule has 0 aliphatic rings. The predicted molar refractivity (Wildman–Crippen MR) is 69.3 cm³/mol. The summed E-state index contributed by atoms with van der Waals surface area (Å²) in [5, 5.41) is 10.3. The third-order valence-electron chi connectivity index (χ3n) is 2.76. The molecular weight excluding hydrogens is 283 g/mol. The summed E-state index contributed by atoms with van der Waals surface area (Å²) in [6.07, 6.45) is -0.952. The first-order valence-corrected chi connectivity index (χ1v) is 6.08. The van der Waals surface area contributed by atoms with E-state index in [4.69, 9.17) is 0 Å². The molecule has 0 heterocycles. The van der Waals surface area contributed by atoms with Gasteiger partial charge in [-0.25, -0.2) is 4.39 Å². The second-order valence-electron chi connectivity index (χ2n) is 3.89. The lowest BCUT2D eigenvalue weighted by Gasteiger charge is -2.16. The third-order valence-corrected chi connectivity index (χ3v) is 3.45. The summed E-state index contributed by atoms with van der Waals surface area (Å²) in [6, 6.07) is 12.1. The van der Waals surface area contributed by atoms with Crippen molar-refractivity contribution in [2.24, 2.45) is 0 Å². The number of aryl methyl sites for hydroxylation is 1. The molecule has 0 aliphatic heterocycles. The summed E-state index contributed by atoms with van der Waals surface area (Å²) in [6.45, 7) is 1.90. The standard InChI is InChI=1S/C14H12BrFO/c1-9-5-2-3-6-10(9)14(17)13-11(15)7-4-8-12(13)16/h2-8,14,17H,1H3. The van der Waals surface area contributed by atoms with Gasteiger partial charge in [0.15, 0.2) is 0 Å². The van der Waals surface area contributed by atoms with E-state index in [1.807, 2.05) is 25.1 Å². The second kappa shape index (κ2) is 4.98. The summed E-state index contributed by atoms with van der Waals surface area (Å²) < 4.78 is 14.3. The summed E-state index contributed by atoms with van der Waals surface area (Å²) in [5.41, 5.74) is 1.94. The van der Waals surface area contributed by atoms with E-state index in [1.54, 1.807) is 18.2 Å². The van der Waals surface area contributed by atoms with Crippen LogP contribution in [0.3, 0.4) is 0 Å². The van der Waals surface area contributed by atoms with Gasteiger partial charge in [0, 0.05) is 10.0 Å². The maximum absolute atomic E-state index is 13.7. The Morgan fingerprint density at radius 3 is 2.47 bits per heavy atom. The molecule has 0 aromatic heterocycles. The molecule has 2 aromatic rings. The first-order chi connectivity index (χ1) is 8.11. The highest BCUT2D eigenvalue weighted by Crippen LogP contribution is 2.31. The van der Waals surface area contributed by atoms with Gasteiger partial charge in [-0.1, -0.05) is 46.3 Å². The Labute approximate surface area is 108 Å². The minimum Gasteiger partial charge on any atom is -0.383 e. The van der Waals surface area contributed by atoms with E-state index in [2.05, 4.69) is 15.9 Å². The van der Waals surface area contributed by atoms with E-state index in [1.165, 1.54) is 6.07 Å². The lowest BCUT2D eigenvalue weighted by Crippen LogP contribution is -2.05. The van der Waals surface area contributed by atoms with Gasteiger partial charge in [-0.3, -0.25) is 0 Å². The molecule has 1 N–H and O–H groups in total. The molecule has 0 bridgehead atoms. The van der Waals surface area contributed by atoms with Crippen LogP contribution in [0.25, 0.3) is 0 Å². The summed E-state index contributed by atoms with van der Waals surface area (Å²) in [7, 11) is 0. The summed E-state index contributed by atoms with van der Waals surface area (Å²) in [4.78, 5) is 0. The third kappa shape index (κ3) is 2.40. The van der Waals surface area contributed by atoms with Crippen molar-refractivity contribution >= 4 is 15.9 Å². The molecule has 1 nitrogen and oxygen atoms in total. The SMILES string of the molecule is Cc1ccccc1C(O)c1c(F)cccc1Br. The molecule has 0 aliphatic carbocycles. The Morgan fingerprint density at radius 1 is 1.12 bits per heavy atom. The van der Waals surface area contributed by atoms with Gasteiger partial charge in [0.05, 0.1) is 0 Å². The van der Waals surface area contributed by atoms with Crippen LogP contribution >= 0.6 is 15.9 Å². The van der Waals surface area contributed by atoms with Gasteiger partial charge in [0.25, 0.3) is 0 Å². The molecule has 0 saturated heterocycles. The quantitative estimate of drug-likeness (QED) is 0.888. The number of rotatable bonds is 2. The molecule has 1 atom stereocenters. The van der Waals surface area contributed by atoms with Crippen molar-refractivity contribution in [3.05, 3.63) is 69.4 Å². The zero-order valence-corrected chi connectivity index (χ0v) is 10.9. The predicted octanol–water partition coefficient (Wildman–Crippen LogP) is 3.98. The van der Waals surface area contributed by atoms with Gasteiger partial charge in [-0.15, -0.1) is 0 Å². The number of halogens is 2. The van der Waals surface area contributed by atoms with Crippen molar-refractivity contribution in [2.45, 2.75) is 13.0 Å². The highest BCUT2D eigenvalue weighted by atomic mass is 79.9. The van der Waals surface area contributed by atoms with Crippen LogP contribution < -0.4 is 0 Å². The number of hydrogen-bond donors (Lipinski definition) is 1. The largest absolute Gasteiger partial charge is 0.383 e. The molecule has 0 spiro atoms. The fraction of sp³-hybridized carbons (Fsp3) is 0.143. The Balaban J connectivity index is 2.51. The van der Waals surface area contributed by atoms with Gasteiger partial charge >= 0.3 is 0 Å². The monoisotopic (exact) mass is 294 g/mol. The Morgan fingerprint density at radius 2 is 1.82 bits per heavy atom. The molecule has 0 amide bonds. The van der Waals surface area contributed by atoms with Crippen molar-refractivity contribution in [2.75, 3.05) is 0 Å². The maximum atomic E-state index is 13.7. The van der Waals surface area contributed by atoms with Crippen LogP contribution in [0.5, 0.6) is 0 Å². The number of benzene rings is 2. The molecule has 1 unspecified atom stereocenters. The van der Waals surface area contributed by atoms with Crippen LogP contribution in [-0.2, 0) is 0 Å². The molecular formula is C14H12BrFO. The second-order valence-corrected chi connectivity index (χ2v) is 4.75. The van der Waals surface area contributed by atoms with Gasteiger partial charge < -0.3 is 5.11 Å². The zero-order chi connectivity index (χ0) is 12.4. The lowest BCUT2D eigenvalue weighted by atomic mass is 9.97. The molecule has 0 saturated carbocycles. The van der Waals surface area contributed by atoms with Crippen molar-refractivity contribution in [3.63, 3.8) is 0 Å². The smallest absolute Gasteiger partial charge is 0.130 e. The van der Waals surface area contributed by atoms with Gasteiger partial charge in [-0.05, 0) is 30.2 Å². The van der Waals surface area contributed by atoms with Crippen LogP contribution in [0.1, 0.15) is 22.8 Å². The Hall–Kier alpha value is -1.19. The molecule has 0 fully saturated rings. The molecule has 0 radical (unpaired) electrons. The van der Waals surface area contributed by atoms with Crippen molar-refractivity contribution in [1.82, 2.24) is 0 Å². The number of aliphatic hydroxyl groups is 1. The van der Waals surface area contributed by atoms with Crippen molar-refractivity contribution < 1.29 is 9.50 Å². The van der Waals surface area contributed by atoms with Gasteiger partial charge in [-0.2, -0.15) is 0 Å². The molecule has 2 aromatic carbocycles. The van der Waals surface area contributed by atoms with Crippen molar-refractivity contribution in [1.29, 1.82) is 0 Å². The van der Waals surface area contributed by atoms with Crippen LogP contribution in [0, 0.1) is 12.7 Å². The number of aliphatic hydroxyl groups excluding tert-OH is 1. The maximum Gasteiger partial charge on any atom is 0.130 e. The van der Waals surface area contributed by atoms with Crippen LogP contribution in [-0.4, -0.2) is 5.11 Å². The zero-order valence-electron chi connectivity index (χ0n) is 9.32. The Bertz CT molecular complexity index is 519. The number of hydrogen-bond acceptors (Lipinski definition) is 1. The fourth-order valence-electron chi connectivity index (χ4n) is 1.82. The first kappa shape index (κ1) is 12.3. The van der Waals surface area contributed by atoms with E-state index in [0.29, 0.717) is 4.47 Å². The molecule has 2 rings (SSSR count). The normalized spacial score (nSPS) is 12.5. The van der Waals surface area contributed by atoms with E-state index < -0.39 is 11.9 Å². The Kier molecular flexibility index (Phi) is 3.60. The van der Waals surface area contributed by atoms with Crippen LogP contribution in [0.15, 0.2) is 46.9 Å². The van der Waals surface area contributed by atoms with Gasteiger partial charge in [0.1, 0.15) is 11.9 Å². The first-order valence-electron chi connectivity index (χ1n) is 5.28. The highest BCUT2D eigenvalue weighted by Gasteiger charge is 2.19. The van der Waals surface area contributed by atoms with E-state index in [9.17, 15) is 9.50 Å². The van der Waals surface area contributed by atoms with Crippen molar-refractivity contribution in [3.8, 4) is 0 Å². The minimum absolute atomic E-state index is 0.279. The lowest BCUT2D eigenvalue weighted by molar-refractivity contribution is 0.213. The fourth-order valence-corrected chi connectivity index (χ4v) is 2.38. The summed E-state index contributed by atoms with van der Waals surface area (Å²) >= 11 is 3.27. The average Bonchev–Trinajstić information content (AvgIpc) is 2.29. The van der Waals surface area contributed by atoms with E-state index in [0.717, 1.165) is 11.1 Å². The van der Waals surface area contributed by atoms with Gasteiger partial charge in [0.2, 0.25) is 0 Å². The van der Waals surface area contributed by atoms with E-state index in [-0.39, 0.29) is 5.56 Å². The summed E-state index contributed by atoms with van der Waals surface area (Å²) in [5.74, 6) is -0.407. The molecule has 17 heavy (non-hydrogen) atoms. The molecule has 88 valence electrons. The van der Waals surface area contributed by atoms with Crippen LogP contribution in [0.4, 0.5) is 4.39 Å². The highest BCUT2D eigenvalue weighted by molar-refractivity contribution is 9.10. The molecule has 3 heteroatoms. The van der Waals surface area contributed by atoms with Crippen LogP contribution in [0.2, 0.25) is 0 Å². The average molecular weight is 295 g/mol. The minimum atomic E-state index is -0.952. The van der Waals surface area contributed by atoms with E-state index >= 15 is 0 Å².